The standard InChI is InChI=1S/C7H8ClNO2/c1-2-9-4-5(8)3-6(9)7(10)11/h3-4H,2H2,1H3,(H,10,11). The Bertz CT molecular complexity index is 280. The minimum Gasteiger partial charge on any atom is -0.477 e. The summed E-state index contributed by atoms with van der Waals surface area (Å²) in [5.41, 5.74) is 0.234. The van der Waals surface area contributed by atoms with Crippen LogP contribution in [-0.4, -0.2) is 15.6 Å². The second-order valence-electron chi connectivity index (χ2n) is 2.13. The zero-order valence-corrected chi connectivity index (χ0v) is 6.80. The van der Waals surface area contributed by atoms with Crippen LogP contribution in [0.3, 0.4) is 0 Å². The van der Waals surface area contributed by atoms with Crippen molar-refractivity contribution in [2.24, 2.45) is 0 Å². The number of hydrogen-bond acceptors (Lipinski definition) is 1. The highest BCUT2D eigenvalue weighted by atomic mass is 35.5. The molecule has 11 heavy (non-hydrogen) atoms. The van der Waals surface area contributed by atoms with Crippen LogP contribution in [0.15, 0.2) is 12.3 Å². The number of aromatic nitrogens is 1. The van der Waals surface area contributed by atoms with Gasteiger partial charge in [-0.05, 0) is 13.0 Å². The molecule has 0 unspecified atom stereocenters. The fraction of sp³-hybridized carbons (Fsp3) is 0.286. The second-order valence-corrected chi connectivity index (χ2v) is 2.57. The molecule has 0 aliphatic heterocycles. The Balaban J connectivity index is 3.12. The molecule has 1 rings (SSSR count). The van der Waals surface area contributed by atoms with Gasteiger partial charge in [-0.2, -0.15) is 0 Å². The molecule has 0 saturated carbocycles. The second kappa shape index (κ2) is 2.96. The van der Waals surface area contributed by atoms with Gasteiger partial charge >= 0.3 is 5.97 Å². The van der Waals surface area contributed by atoms with E-state index in [1.165, 1.54) is 6.07 Å². The van der Waals surface area contributed by atoms with Crippen LogP contribution < -0.4 is 0 Å². The van der Waals surface area contributed by atoms with Gasteiger partial charge in [0.05, 0.1) is 5.02 Å². The van der Waals surface area contributed by atoms with Gasteiger partial charge in [-0.25, -0.2) is 4.79 Å². The van der Waals surface area contributed by atoms with Crippen molar-refractivity contribution < 1.29 is 9.90 Å². The molecule has 0 spiro atoms. The van der Waals surface area contributed by atoms with Crippen LogP contribution in [0.2, 0.25) is 5.02 Å². The summed E-state index contributed by atoms with van der Waals surface area (Å²) in [6.07, 6.45) is 1.60. The molecule has 0 aromatic carbocycles. The summed E-state index contributed by atoms with van der Waals surface area (Å²) in [4.78, 5) is 10.5. The van der Waals surface area contributed by atoms with Crippen molar-refractivity contribution in [1.29, 1.82) is 0 Å². The number of nitrogens with zero attached hydrogens (tertiary/aromatic N) is 1. The molecule has 0 bridgehead atoms. The van der Waals surface area contributed by atoms with Gasteiger partial charge in [-0.1, -0.05) is 11.6 Å². The quantitative estimate of drug-likeness (QED) is 0.742. The summed E-state index contributed by atoms with van der Waals surface area (Å²) >= 11 is 5.60. The lowest BCUT2D eigenvalue weighted by molar-refractivity contribution is 0.0685. The van der Waals surface area contributed by atoms with Gasteiger partial charge in [0.25, 0.3) is 0 Å². The van der Waals surface area contributed by atoms with Crippen LogP contribution in [0.4, 0.5) is 0 Å². The average Bonchev–Trinajstić information content (AvgIpc) is 2.30. The van der Waals surface area contributed by atoms with E-state index in [0.29, 0.717) is 11.6 Å². The third-order valence-electron chi connectivity index (χ3n) is 1.42. The molecular weight excluding hydrogens is 166 g/mol. The first-order valence-electron chi connectivity index (χ1n) is 3.24. The molecule has 0 aliphatic carbocycles. The molecule has 1 aromatic rings. The summed E-state index contributed by atoms with van der Waals surface area (Å²) in [7, 11) is 0. The molecule has 0 aliphatic rings. The lowest BCUT2D eigenvalue weighted by atomic mass is 10.4. The molecule has 0 amide bonds. The van der Waals surface area contributed by atoms with Crippen LogP contribution in [-0.2, 0) is 6.54 Å². The number of hydrogen-bond donors (Lipinski definition) is 1. The Morgan fingerprint density at radius 3 is 2.82 bits per heavy atom. The third-order valence-corrected chi connectivity index (χ3v) is 1.63. The summed E-state index contributed by atoms with van der Waals surface area (Å²) in [5, 5.41) is 9.09. The van der Waals surface area contributed by atoms with Gasteiger partial charge in [0.2, 0.25) is 0 Å². The Kier molecular flexibility index (Phi) is 2.19. The summed E-state index contributed by atoms with van der Waals surface area (Å²) in [6.45, 7) is 2.48. The largest absolute Gasteiger partial charge is 0.477 e. The topological polar surface area (TPSA) is 42.2 Å². The first-order chi connectivity index (χ1) is 5.15. The Labute approximate surface area is 69.2 Å². The number of carboxylic acid groups (broad SMARTS) is 1. The molecule has 3 nitrogen and oxygen atoms in total. The van der Waals surface area contributed by atoms with Gasteiger partial charge in [0.15, 0.2) is 0 Å². The molecule has 0 saturated heterocycles. The van der Waals surface area contributed by atoms with Crippen molar-refractivity contribution in [3.8, 4) is 0 Å². The molecule has 1 N–H and O–H groups in total. The van der Waals surface area contributed by atoms with Crippen LogP contribution in [0.25, 0.3) is 0 Å². The van der Waals surface area contributed by atoms with E-state index in [1.807, 2.05) is 6.92 Å². The molecule has 0 fully saturated rings. The zero-order valence-electron chi connectivity index (χ0n) is 6.04. The van der Waals surface area contributed by atoms with E-state index in [1.54, 1.807) is 10.8 Å². The molecule has 4 heteroatoms. The zero-order chi connectivity index (χ0) is 8.43. The molecule has 60 valence electrons. The number of aryl methyl sites for hydroxylation is 1. The van der Waals surface area contributed by atoms with E-state index in [0.717, 1.165) is 0 Å². The van der Waals surface area contributed by atoms with Crippen molar-refractivity contribution in [1.82, 2.24) is 4.57 Å². The minimum atomic E-state index is -0.946. The number of carboxylic acids is 1. The number of aromatic carboxylic acids is 1. The molecule has 1 aromatic heterocycles. The maximum Gasteiger partial charge on any atom is 0.352 e. The van der Waals surface area contributed by atoms with Gasteiger partial charge in [-0.3, -0.25) is 0 Å². The van der Waals surface area contributed by atoms with E-state index in [-0.39, 0.29) is 5.69 Å². The number of rotatable bonds is 2. The maximum absolute atomic E-state index is 10.5. The predicted molar refractivity (Wildman–Crippen MR) is 42.1 cm³/mol. The monoisotopic (exact) mass is 173 g/mol. The highest BCUT2D eigenvalue weighted by Crippen LogP contribution is 2.13. The Hall–Kier alpha value is -0.960. The first kappa shape index (κ1) is 8.14. The maximum atomic E-state index is 10.5. The lowest BCUT2D eigenvalue weighted by Gasteiger charge is -1.98. The van der Waals surface area contributed by atoms with Crippen molar-refractivity contribution >= 4 is 17.6 Å². The van der Waals surface area contributed by atoms with Crippen molar-refractivity contribution in [2.75, 3.05) is 0 Å². The van der Waals surface area contributed by atoms with Gasteiger partial charge in [0.1, 0.15) is 5.69 Å². The molecular formula is C7H8ClNO2. The highest BCUT2D eigenvalue weighted by molar-refractivity contribution is 6.30. The molecule has 0 atom stereocenters. The first-order valence-corrected chi connectivity index (χ1v) is 3.62. The van der Waals surface area contributed by atoms with Crippen molar-refractivity contribution in [3.63, 3.8) is 0 Å². The van der Waals surface area contributed by atoms with E-state index in [2.05, 4.69) is 0 Å². The number of halogens is 1. The Morgan fingerprint density at radius 1 is 1.82 bits per heavy atom. The smallest absolute Gasteiger partial charge is 0.352 e. The van der Waals surface area contributed by atoms with Gasteiger partial charge in [0, 0.05) is 12.7 Å². The summed E-state index contributed by atoms with van der Waals surface area (Å²) in [6, 6.07) is 1.44. The summed E-state index contributed by atoms with van der Waals surface area (Å²) < 4.78 is 1.59. The fourth-order valence-electron chi connectivity index (χ4n) is 0.915. The summed E-state index contributed by atoms with van der Waals surface area (Å²) in [5.74, 6) is -0.946. The van der Waals surface area contributed by atoms with Crippen LogP contribution in [0.5, 0.6) is 0 Å². The van der Waals surface area contributed by atoms with E-state index in [4.69, 9.17) is 16.7 Å². The average molecular weight is 174 g/mol. The molecule has 0 radical (unpaired) electrons. The number of carbonyl (C=O) groups is 1. The van der Waals surface area contributed by atoms with Crippen molar-refractivity contribution in [2.45, 2.75) is 13.5 Å². The SMILES string of the molecule is CCn1cc(Cl)cc1C(=O)O. The van der Waals surface area contributed by atoms with Gasteiger partial charge < -0.3 is 9.67 Å². The molecule has 1 heterocycles. The van der Waals surface area contributed by atoms with Crippen LogP contribution >= 0.6 is 11.6 Å². The minimum absolute atomic E-state index is 0.234. The highest BCUT2D eigenvalue weighted by Gasteiger charge is 2.09. The van der Waals surface area contributed by atoms with E-state index >= 15 is 0 Å². The normalized spacial score (nSPS) is 10.0. The van der Waals surface area contributed by atoms with Crippen LogP contribution in [0.1, 0.15) is 17.4 Å². The fourth-order valence-corrected chi connectivity index (χ4v) is 1.14. The third kappa shape index (κ3) is 1.54. The van der Waals surface area contributed by atoms with Gasteiger partial charge in [-0.15, -0.1) is 0 Å². The van der Waals surface area contributed by atoms with Crippen LogP contribution in [0, 0.1) is 0 Å². The van der Waals surface area contributed by atoms with Crippen molar-refractivity contribution in [3.05, 3.63) is 23.0 Å². The lowest BCUT2D eigenvalue weighted by Crippen LogP contribution is -2.05. The van der Waals surface area contributed by atoms with E-state index < -0.39 is 5.97 Å². The predicted octanol–water partition coefficient (Wildman–Crippen LogP) is 1.86. The Morgan fingerprint density at radius 2 is 2.45 bits per heavy atom. The van der Waals surface area contributed by atoms with E-state index in [9.17, 15) is 4.79 Å².